The fraction of sp³-hybridized carbons (Fsp3) is 0.526. The van der Waals surface area contributed by atoms with Crippen LogP contribution in [0.15, 0.2) is 30.3 Å². The second-order valence-electron chi connectivity index (χ2n) is 7.80. The number of para-hydroxylation sites is 1. The molecular weight excluding hydrogens is 332 g/mol. The average molecular weight is 360 g/mol. The van der Waals surface area contributed by atoms with Gasteiger partial charge in [-0.05, 0) is 38.2 Å². The summed E-state index contributed by atoms with van der Waals surface area (Å²) in [6, 6.07) is 12.0. The third-order valence-corrected chi connectivity index (χ3v) is 4.84. The van der Waals surface area contributed by atoms with Gasteiger partial charge in [-0.15, -0.1) is 0 Å². The Morgan fingerprint density at radius 3 is 2.52 bits per heavy atom. The smallest absolute Gasteiger partial charge is 0.275 e. The maximum absolute atomic E-state index is 9.06. The summed E-state index contributed by atoms with van der Waals surface area (Å²) in [5, 5.41) is 12.9. The molecule has 0 radical (unpaired) electrons. The maximum Gasteiger partial charge on any atom is 0.275 e. The fourth-order valence-electron chi connectivity index (χ4n) is 2.65. The minimum absolute atomic E-state index is 0.0240. The number of hydrogen-bond acceptors (Lipinski definition) is 3. The van der Waals surface area contributed by atoms with Gasteiger partial charge in [-0.1, -0.05) is 39.0 Å². The van der Waals surface area contributed by atoms with Gasteiger partial charge in [-0.2, -0.15) is 5.26 Å². The van der Waals surface area contributed by atoms with Gasteiger partial charge in [0.25, 0.3) is 10.9 Å². The van der Waals surface area contributed by atoms with Gasteiger partial charge in [-0.3, -0.25) is 9.89 Å². The summed E-state index contributed by atoms with van der Waals surface area (Å²) in [5.74, 6) is 1.76. The molecule has 1 aromatic rings. The van der Waals surface area contributed by atoms with Crippen LogP contribution in [0.5, 0.6) is 5.75 Å². The Hall–Kier alpha value is -2.13. The molecule has 5 nitrogen and oxygen atoms in total. The van der Waals surface area contributed by atoms with E-state index in [4.69, 9.17) is 22.2 Å². The highest BCUT2D eigenvalue weighted by Gasteiger charge is 2.48. The summed E-state index contributed by atoms with van der Waals surface area (Å²) in [6.07, 6.45) is 0. The van der Waals surface area contributed by atoms with Gasteiger partial charge in [-0.25, -0.2) is 5.32 Å². The first-order valence-electron chi connectivity index (χ1n) is 8.43. The molecule has 0 aromatic heterocycles. The van der Waals surface area contributed by atoms with Crippen LogP contribution < -0.4 is 15.0 Å². The van der Waals surface area contributed by atoms with E-state index in [0.29, 0.717) is 11.7 Å². The number of hydrogen-bond donors (Lipinski definition) is 2. The van der Waals surface area contributed by atoms with E-state index in [-0.39, 0.29) is 23.5 Å². The molecule has 134 valence electrons. The lowest BCUT2D eigenvalue weighted by atomic mass is 9.87. The van der Waals surface area contributed by atoms with Crippen LogP contribution in [0.4, 0.5) is 0 Å². The van der Waals surface area contributed by atoms with E-state index in [2.05, 4.69) is 51.0 Å². The van der Waals surface area contributed by atoms with Crippen LogP contribution in [0.2, 0.25) is 0 Å². The molecule has 0 saturated carbocycles. The van der Waals surface area contributed by atoms with E-state index in [1.54, 1.807) is 0 Å². The summed E-state index contributed by atoms with van der Waals surface area (Å²) < 4.78 is 5.97. The molecule has 1 aliphatic heterocycles. The highest BCUT2D eigenvalue weighted by Crippen LogP contribution is 2.21. The van der Waals surface area contributed by atoms with E-state index in [1.165, 1.54) is 0 Å². The van der Waals surface area contributed by atoms with Crippen LogP contribution in [0.1, 0.15) is 34.6 Å². The molecule has 2 N–H and O–H groups in total. The molecule has 1 aliphatic rings. The van der Waals surface area contributed by atoms with E-state index in [0.717, 1.165) is 11.6 Å². The molecule has 1 aromatic carbocycles. The molecule has 0 unspecified atom stereocenters. The molecule has 2 rings (SSSR count). The van der Waals surface area contributed by atoms with E-state index < -0.39 is 0 Å². The number of nitriles is 1. The molecule has 1 saturated heterocycles. The zero-order valence-corrected chi connectivity index (χ0v) is 16.4. The Morgan fingerprint density at radius 2 is 1.96 bits per heavy atom. The van der Waals surface area contributed by atoms with Crippen LogP contribution in [-0.2, 0) is 0 Å². The molecule has 25 heavy (non-hydrogen) atoms. The number of nitrogens with one attached hydrogen (secondary N) is 2. The Morgan fingerprint density at radius 1 is 1.32 bits per heavy atom. The summed E-state index contributed by atoms with van der Waals surface area (Å²) in [6.45, 7) is 11.4. The Kier molecular flexibility index (Phi) is 5.69. The molecule has 1 heterocycles. The van der Waals surface area contributed by atoms with Crippen molar-refractivity contribution in [3.8, 4) is 11.8 Å². The van der Waals surface area contributed by atoms with Crippen molar-refractivity contribution >= 4 is 23.2 Å². The zero-order valence-electron chi connectivity index (χ0n) is 15.6. The van der Waals surface area contributed by atoms with Crippen molar-refractivity contribution in [3.63, 3.8) is 0 Å². The quantitative estimate of drug-likeness (QED) is 0.615. The highest BCUT2D eigenvalue weighted by molar-refractivity contribution is 7.80. The maximum atomic E-state index is 9.06. The lowest BCUT2D eigenvalue weighted by Gasteiger charge is -2.28. The SMILES string of the molecule is CC(C)(C)[C@H](COc1ccccc1)[NH+]=C1NC(=S)N(CC#N)C1(C)C. The van der Waals surface area contributed by atoms with Crippen LogP contribution in [0, 0.1) is 16.7 Å². The number of thiocarbonyl (C=S) groups is 1. The van der Waals surface area contributed by atoms with Gasteiger partial charge in [0.2, 0.25) is 0 Å². The summed E-state index contributed by atoms with van der Waals surface area (Å²) in [4.78, 5) is 5.47. The molecule has 0 aliphatic carbocycles. The fourth-order valence-corrected chi connectivity index (χ4v) is 3.04. The Labute approximate surface area is 155 Å². The monoisotopic (exact) mass is 359 g/mol. The van der Waals surface area contributed by atoms with Crippen molar-refractivity contribution in [2.75, 3.05) is 13.2 Å². The van der Waals surface area contributed by atoms with Gasteiger partial charge in [0.15, 0.2) is 0 Å². The van der Waals surface area contributed by atoms with Crippen molar-refractivity contribution in [2.24, 2.45) is 5.41 Å². The van der Waals surface area contributed by atoms with Crippen LogP contribution in [0.3, 0.4) is 0 Å². The van der Waals surface area contributed by atoms with Gasteiger partial charge < -0.3 is 4.74 Å². The number of rotatable bonds is 5. The molecule has 1 atom stereocenters. The predicted molar refractivity (Wildman–Crippen MR) is 103 cm³/mol. The van der Waals surface area contributed by atoms with Crippen molar-refractivity contribution in [2.45, 2.75) is 46.2 Å². The lowest BCUT2D eigenvalue weighted by molar-refractivity contribution is -0.528. The first-order chi connectivity index (χ1) is 11.7. The largest absolute Gasteiger partial charge is 0.489 e. The summed E-state index contributed by atoms with van der Waals surface area (Å²) >= 11 is 5.39. The number of ether oxygens (including phenoxy) is 1. The van der Waals surface area contributed by atoms with Gasteiger partial charge in [0.1, 0.15) is 30.5 Å². The van der Waals surface area contributed by atoms with Crippen LogP contribution >= 0.6 is 12.2 Å². The van der Waals surface area contributed by atoms with Gasteiger partial charge in [0.05, 0.1) is 6.07 Å². The average Bonchev–Trinajstić information content (AvgIpc) is 2.74. The second-order valence-corrected chi connectivity index (χ2v) is 8.18. The molecular formula is C19H27N4OS+. The molecule has 6 heteroatoms. The number of nitrogens with zero attached hydrogens (tertiary/aromatic N) is 2. The normalized spacial score (nSPS) is 19.4. The van der Waals surface area contributed by atoms with Crippen molar-refractivity contribution in [1.29, 1.82) is 5.26 Å². The third-order valence-electron chi connectivity index (χ3n) is 4.52. The molecule has 0 amide bonds. The predicted octanol–water partition coefficient (Wildman–Crippen LogP) is 1.45. The molecule has 0 bridgehead atoms. The summed E-state index contributed by atoms with van der Waals surface area (Å²) in [7, 11) is 0. The van der Waals surface area contributed by atoms with E-state index in [9.17, 15) is 0 Å². The zero-order chi connectivity index (χ0) is 18.7. The van der Waals surface area contributed by atoms with Crippen LogP contribution in [-0.4, -0.2) is 40.6 Å². The van der Waals surface area contributed by atoms with E-state index in [1.807, 2.05) is 35.2 Å². The van der Waals surface area contributed by atoms with E-state index >= 15 is 0 Å². The Bertz CT molecular complexity index is 686. The highest BCUT2D eigenvalue weighted by atomic mass is 32.1. The van der Waals surface area contributed by atoms with Crippen molar-refractivity contribution in [3.05, 3.63) is 30.3 Å². The second kappa shape index (κ2) is 7.40. The standard InChI is InChI=1S/C19H26N4OS/c1-18(2,3)15(13-24-14-9-7-6-8-10-14)21-16-19(4,5)23(12-11-20)17(25)22-16/h6-10,15H,12-13H2,1-5H3,(H,21,22,25)/p+1/t15-/m0/s1. The van der Waals surface area contributed by atoms with Crippen LogP contribution in [0.25, 0.3) is 0 Å². The minimum atomic E-state index is -0.386. The molecule has 0 spiro atoms. The van der Waals surface area contributed by atoms with Crippen molar-refractivity contribution in [1.82, 2.24) is 10.2 Å². The number of benzene rings is 1. The lowest BCUT2D eigenvalue weighted by Crippen LogP contribution is -2.88. The number of amidine groups is 1. The Balaban J connectivity index is 2.23. The molecule has 1 fully saturated rings. The first-order valence-corrected chi connectivity index (χ1v) is 8.84. The summed E-state index contributed by atoms with van der Waals surface area (Å²) in [5.41, 5.74) is -0.410. The topological polar surface area (TPSA) is 62.3 Å². The van der Waals surface area contributed by atoms with Gasteiger partial charge in [0, 0.05) is 5.41 Å². The first kappa shape index (κ1) is 19.2. The van der Waals surface area contributed by atoms with Crippen molar-refractivity contribution < 1.29 is 9.73 Å². The third kappa shape index (κ3) is 4.49. The van der Waals surface area contributed by atoms with Gasteiger partial charge >= 0.3 is 0 Å². The minimum Gasteiger partial charge on any atom is -0.489 e.